The molecule has 17 heavy (non-hydrogen) atoms. The van der Waals surface area contributed by atoms with E-state index in [0.717, 1.165) is 6.42 Å². The molecule has 0 aromatic rings. The molecule has 0 spiro atoms. The lowest BCUT2D eigenvalue weighted by Gasteiger charge is -1.79. The Morgan fingerprint density at radius 1 is 0.647 bits per heavy atom. The summed E-state index contributed by atoms with van der Waals surface area (Å²) in [5.74, 6) is 0. The molecule has 0 N–H and O–H groups in total. The minimum Gasteiger partial charge on any atom is -0.0991 e. The van der Waals surface area contributed by atoms with Gasteiger partial charge in [0, 0.05) is 0 Å². The van der Waals surface area contributed by atoms with E-state index in [0.29, 0.717) is 0 Å². The van der Waals surface area contributed by atoms with Gasteiger partial charge < -0.3 is 0 Å². The maximum Gasteiger partial charge on any atom is -0.0350 e. The highest BCUT2D eigenvalue weighted by Crippen LogP contribution is 1.89. The molecule has 0 fully saturated rings. The maximum absolute atomic E-state index is 3.59. The van der Waals surface area contributed by atoms with Crippen LogP contribution in [0, 0.1) is 0 Å². The van der Waals surface area contributed by atoms with Crippen LogP contribution in [-0.2, 0) is 0 Å². The second-order valence-electron chi connectivity index (χ2n) is 3.38. The van der Waals surface area contributed by atoms with E-state index in [2.05, 4.69) is 25.7 Å². The Morgan fingerprint density at radius 3 is 1.47 bits per heavy atom. The first kappa shape index (κ1) is 15.2. The number of unbranched alkanes of at least 4 members (excludes halogenated alkanes) is 1. The summed E-state index contributed by atoms with van der Waals surface area (Å²) in [6, 6.07) is 0. The topological polar surface area (TPSA) is 0 Å². The van der Waals surface area contributed by atoms with Crippen LogP contribution in [0.2, 0.25) is 0 Å². The van der Waals surface area contributed by atoms with Gasteiger partial charge in [-0.05, 0) is 6.42 Å². The molecule has 0 heterocycles. The van der Waals surface area contributed by atoms with Crippen LogP contribution in [0.5, 0.6) is 0 Å². The highest BCUT2D eigenvalue weighted by molar-refractivity contribution is 5.20. The van der Waals surface area contributed by atoms with Gasteiger partial charge in [-0.15, -0.1) is 0 Å². The van der Waals surface area contributed by atoms with Crippen LogP contribution >= 0.6 is 0 Å². The van der Waals surface area contributed by atoms with E-state index >= 15 is 0 Å². The average molecular weight is 226 g/mol. The molecule has 0 saturated carbocycles. The average Bonchev–Trinajstić information content (AvgIpc) is 2.35. The first-order valence-electron chi connectivity index (χ1n) is 6.02. The highest BCUT2D eigenvalue weighted by Gasteiger charge is 1.68. The van der Waals surface area contributed by atoms with Crippen LogP contribution in [0.1, 0.15) is 19.8 Å². The monoisotopic (exact) mass is 226 g/mol. The Bertz CT molecular complexity index is 333. The number of hydrogen-bond donors (Lipinski definition) is 0. The summed E-state index contributed by atoms with van der Waals surface area (Å²) >= 11 is 0. The van der Waals surface area contributed by atoms with Crippen LogP contribution in [0.3, 0.4) is 0 Å². The Morgan fingerprint density at radius 2 is 1.06 bits per heavy atom. The zero-order valence-electron chi connectivity index (χ0n) is 10.6. The SMILES string of the molecule is C=C/C=C/C=C/C=C/C=C/C=C/C=C/CCC. The van der Waals surface area contributed by atoms with Crippen LogP contribution in [0.4, 0.5) is 0 Å². The summed E-state index contributed by atoms with van der Waals surface area (Å²) in [4.78, 5) is 0. The number of rotatable bonds is 8. The van der Waals surface area contributed by atoms with Crippen LogP contribution < -0.4 is 0 Å². The molecule has 0 saturated heterocycles. The fraction of sp³-hybridized carbons (Fsp3) is 0.176. The van der Waals surface area contributed by atoms with Crippen molar-refractivity contribution in [3.8, 4) is 0 Å². The molecule has 0 atom stereocenters. The van der Waals surface area contributed by atoms with Gasteiger partial charge in [0.2, 0.25) is 0 Å². The molecule has 0 amide bonds. The van der Waals surface area contributed by atoms with Gasteiger partial charge in [0.05, 0.1) is 0 Å². The summed E-state index contributed by atoms with van der Waals surface area (Å²) in [5.41, 5.74) is 0. The van der Waals surface area contributed by atoms with Crippen LogP contribution in [0.15, 0.2) is 85.6 Å². The molecule has 0 nitrogen and oxygen atoms in total. The van der Waals surface area contributed by atoms with E-state index < -0.39 is 0 Å². The minimum atomic E-state index is 1.15. The van der Waals surface area contributed by atoms with Gasteiger partial charge in [0.25, 0.3) is 0 Å². The molecule has 90 valence electrons. The van der Waals surface area contributed by atoms with Crippen molar-refractivity contribution in [1.29, 1.82) is 0 Å². The van der Waals surface area contributed by atoms with Crippen molar-refractivity contribution in [2.45, 2.75) is 19.8 Å². The summed E-state index contributed by atoms with van der Waals surface area (Å²) in [7, 11) is 0. The quantitative estimate of drug-likeness (QED) is 0.492. The fourth-order valence-corrected chi connectivity index (χ4v) is 0.997. The third-order valence-electron chi connectivity index (χ3n) is 1.84. The van der Waals surface area contributed by atoms with Gasteiger partial charge in [-0.2, -0.15) is 0 Å². The summed E-state index contributed by atoms with van der Waals surface area (Å²) in [5, 5.41) is 0. The molecule has 0 aliphatic heterocycles. The highest BCUT2D eigenvalue weighted by atomic mass is 13.8. The predicted molar refractivity (Wildman–Crippen MR) is 79.9 cm³/mol. The molecular formula is C17H22. The lowest BCUT2D eigenvalue weighted by molar-refractivity contribution is 0.959. The van der Waals surface area contributed by atoms with Crippen molar-refractivity contribution in [3.05, 3.63) is 85.6 Å². The lowest BCUT2D eigenvalue weighted by Crippen LogP contribution is -1.58. The van der Waals surface area contributed by atoms with E-state index in [1.165, 1.54) is 6.42 Å². The largest absolute Gasteiger partial charge is 0.0991 e. The smallest absolute Gasteiger partial charge is 0.0350 e. The summed E-state index contributed by atoms with van der Waals surface area (Å²) in [6.45, 7) is 5.77. The lowest BCUT2D eigenvalue weighted by atomic mass is 10.3. The van der Waals surface area contributed by atoms with E-state index in [1.54, 1.807) is 6.08 Å². The Balaban J connectivity index is 3.72. The van der Waals surface area contributed by atoms with Crippen molar-refractivity contribution < 1.29 is 0 Å². The van der Waals surface area contributed by atoms with Crippen molar-refractivity contribution in [3.63, 3.8) is 0 Å². The molecule has 0 aromatic carbocycles. The summed E-state index contributed by atoms with van der Waals surface area (Å²) in [6.07, 6.45) is 28.2. The van der Waals surface area contributed by atoms with Crippen LogP contribution in [0.25, 0.3) is 0 Å². The molecule has 0 unspecified atom stereocenters. The van der Waals surface area contributed by atoms with Gasteiger partial charge in [0.1, 0.15) is 0 Å². The molecule has 0 radical (unpaired) electrons. The minimum absolute atomic E-state index is 1.15. The van der Waals surface area contributed by atoms with Gasteiger partial charge in [0.15, 0.2) is 0 Å². The Labute approximate surface area is 106 Å². The first-order chi connectivity index (χ1) is 8.41. The van der Waals surface area contributed by atoms with Gasteiger partial charge in [-0.1, -0.05) is 98.9 Å². The van der Waals surface area contributed by atoms with Crippen molar-refractivity contribution in [2.24, 2.45) is 0 Å². The standard InChI is InChI=1S/C17H22/c1-3-5-7-9-11-13-15-17-16-14-12-10-8-6-4-2/h3,5,7-17H,1,4,6H2,2H3/b7-5+,10-8+,11-9+,14-12+,15-13+,17-16+. The van der Waals surface area contributed by atoms with Crippen molar-refractivity contribution in [2.75, 3.05) is 0 Å². The zero-order valence-corrected chi connectivity index (χ0v) is 10.6. The molecule has 0 heteroatoms. The number of allylic oxidation sites excluding steroid dienone is 13. The Hall–Kier alpha value is -1.82. The Kier molecular flexibility index (Phi) is 12.7. The predicted octanol–water partition coefficient (Wildman–Crippen LogP) is 5.31. The fourth-order valence-electron chi connectivity index (χ4n) is 0.997. The third kappa shape index (κ3) is 14.2. The third-order valence-corrected chi connectivity index (χ3v) is 1.84. The second kappa shape index (κ2) is 14.2. The van der Waals surface area contributed by atoms with Crippen molar-refractivity contribution >= 4 is 0 Å². The molecule has 0 aliphatic carbocycles. The van der Waals surface area contributed by atoms with E-state index in [1.807, 2.05) is 60.8 Å². The zero-order chi connectivity index (χ0) is 12.6. The van der Waals surface area contributed by atoms with Gasteiger partial charge >= 0.3 is 0 Å². The first-order valence-corrected chi connectivity index (χ1v) is 6.02. The molecule has 0 bridgehead atoms. The van der Waals surface area contributed by atoms with Gasteiger partial charge in [-0.25, -0.2) is 0 Å². The molecule has 0 aromatic heterocycles. The number of hydrogen-bond acceptors (Lipinski definition) is 0. The maximum atomic E-state index is 3.59. The van der Waals surface area contributed by atoms with E-state index in [9.17, 15) is 0 Å². The summed E-state index contributed by atoms with van der Waals surface area (Å²) < 4.78 is 0. The molecule has 0 aliphatic rings. The second-order valence-corrected chi connectivity index (χ2v) is 3.38. The van der Waals surface area contributed by atoms with Crippen LogP contribution in [-0.4, -0.2) is 0 Å². The van der Waals surface area contributed by atoms with E-state index in [4.69, 9.17) is 0 Å². The van der Waals surface area contributed by atoms with E-state index in [-0.39, 0.29) is 0 Å². The van der Waals surface area contributed by atoms with Gasteiger partial charge in [-0.3, -0.25) is 0 Å². The normalized spacial score (nSPS) is 13.5. The molecular weight excluding hydrogens is 204 g/mol. The van der Waals surface area contributed by atoms with Crippen molar-refractivity contribution in [1.82, 2.24) is 0 Å². The molecule has 0 rings (SSSR count).